The van der Waals surface area contributed by atoms with Crippen molar-refractivity contribution < 1.29 is 13.2 Å². The normalized spacial score (nSPS) is 13.6. The van der Waals surface area contributed by atoms with Gasteiger partial charge in [0.2, 0.25) is 0 Å². The van der Waals surface area contributed by atoms with Crippen LogP contribution in [0, 0.1) is 0 Å². The fourth-order valence-corrected chi connectivity index (χ4v) is 2.13. The zero-order chi connectivity index (χ0) is 11.6. The summed E-state index contributed by atoms with van der Waals surface area (Å²) in [6.07, 6.45) is 1.15. The molecule has 4 nitrogen and oxygen atoms in total. The number of nitrogens with two attached hydrogens (primary N) is 1. The summed E-state index contributed by atoms with van der Waals surface area (Å²) < 4.78 is 27.9. The highest BCUT2D eigenvalue weighted by atomic mass is 32.2. The summed E-state index contributed by atoms with van der Waals surface area (Å²) in [7, 11) is -1.84. The Hall–Kier alpha value is -1.07. The number of hydrogen-bond acceptors (Lipinski definition) is 4. The van der Waals surface area contributed by atoms with Gasteiger partial charge in [-0.25, -0.2) is 8.42 Å². The van der Waals surface area contributed by atoms with Crippen molar-refractivity contribution in [3.8, 4) is 5.75 Å². The van der Waals surface area contributed by atoms with Crippen molar-refractivity contribution >= 4 is 9.84 Å². The maximum atomic E-state index is 11.5. The van der Waals surface area contributed by atoms with Gasteiger partial charge in [-0.1, -0.05) is 6.07 Å². The van der Waals surface area contributed by atoms with Crippen LogP contribution in [0.4, 0.5) is 0 Å². The van der Waals surface area contributed by atoms with E-state index in [0.29, 0.717) is 5.75 Å². The maximum absolute atomic E-state index is 11.5. The third-order valence-electron chi connectivity index (χ3n) is 2.11. The lowest BCUT2D eigenvalue weighted by Gasteiger charge is -2.11. The minimum atomic E-state index is -3.28. The van der Waals surface area contributed by atoms with Crippen LogP contribution in [0.2, 0.25) is 0 Å². The van der Waals surface area contributed by atoms with E-state index in [0.717, 1.165) is 11.8 Å². The predicted molar refractivity (Wildman–Crippen MR) is 58.7 cm³/mol. The quantitative estimate of drug-likeness (QED) is 0.843. The van der Waals surface area contributed by atoms with Crippen molar-refractivity contribution in [3.63, 3.8) is 0 Å². The molecule has 0 saturated carbocycles. The number of rotatable bonds is 3. The first-order valence-corrected chi connectivity index (χ1v) is 6.39. The molecule has 0 spiro atoms. The third kappa shape index (κ3) is 2.70. The zero-order valence-electron chi connectivity index (χ0n) is 9.02. The lowest BCUT2D eigenvalue weighted by Crippen LogP contribution is -2.07. The summed E-state index contributed by atoms with van der Waals surface area (Å²) in [6, 6.07) is 4.74. The second-order valence-electron chi connectivity index (χ2n) is 3.47. The smallest absolute Gasteiger partial charge is 0.179 e. The summed E-state index contributed by atoms with van der Waals surface area (Å²) >= 11 is 0. The standard InChI is InChI=1S/C10H15NO3S/c1-7(11)8-4-5-9(14-2)10(6-8)15(3,12)13/h4-7H,11H2,1-3H3. The molecule has 84 valence electrons. The van der Waals surface area contributed by atoms with Crippen LogP contribution in [-0.2, 0) is 9.84 Å². The molecule has 0 aromatic heterocycles. The Bertz CT molecular complexity index is 452. The second-order valence-corrected chi connectivity index (χ2v) is 5.46. The van der Waals surface area contributed by atoms with Crippen LogP contribution < -0.4 is 10.5 Å². The highest BCUT2D eigenvalue weighted by Crippen LogP contribution is 2.26. The summed E-state index contributed by atoms with van der Waals surface area (Å²) in [5.74, 6) is 0.349. The molecule has 0 heterocycles. The summed E-state index contributed by atoms with van der Waals surface area (Å²) in [6.45, 7) is 1.80. The topological polar surface area (TPSA) is 69.4 Å². The average Bonchev–Trinajstić information content (AvgIpc) is 2.15. The molecule has 0 fully saturated rings. The van der Waals surface area contributed by atoms with E-state index in [4.69, 9.17) is 10.5 Å². The molecule has 0 aliphatic carbocycles. The monoisotopic (exact) mass is 229 g/mol. The molecule has 0 aliphatic rings. The number of hydrogen-bond donors (Lipinski definition) is 1. The van der Waals surface area contributed by atoms with Gasteiger partial charge < -0.3 is 10.5 Å². The van der Waals surface area contributed by atoms with Crippen LogP contribution in [-0.4, -0.2) is 21.8 Å². The third-order valence-corrected chi connectivity index (χ3v) is 3.23. The molecule has 5 heteroatoms. The Morgan fingerprint density at radius 3 is 2.40 bits per heavy atom. The molecule has 1 atom stereocenters. The Morgan fingerprint density at radius 1 is 1.40 bits per heavy atom. The Kier molecular flexibility index (Phi) is 3.36. The Balaban J connectivity index is 3.39. The molecule has 0 radical (unpaired) electrons. The van der Waals surface area contributed by atoms with Gasteiger partial charge >= 0.3 is 0 Å². The van der Waals surface area contributed by atoms with Crippen molar-refractivity contribution in [2.75, 3.05) is 13.4 Å². The van der Waals surface area contributed by atoms with E-state index in [2.05, 4.69) is 0 Å². The van der Waals surface area contributed by atoms with Crippen LogP contribution in [0.15, 0.2) is 23.1 Å². The number of benzene rings is 1. The van der Waals surface area contributed by atoms with Gasteiger partial charge in [-0.3, -0.25) is 0 Å². The minimum Gasteiger partial charge on any atom is -0.495 e. The van der Waals surface area contributed by atoms with Crippen LogP contribution in [0.25, 0.3) is 0 Å². The molecule has 2 N–H and O–H groups in total. The zero-order valence-corrected chi connectivity index (χ0v) is 9.84. The molecule has 1 unspecified atom stereocenters. The van der Waals surface area contributed by atoms with Crippen molar-refractivity contribution in [3.05, 3.63) is 23.8 Å². The molecule has 15 heavy (non-hydrogen) atoms. The largest absolute Gasteiger partial charge is 0.495 e. The predicted octanol–water partition coefficient (Wildman–Crippen LogP) is 1.12. The Morgan fingerprint density at radius 2 is 2.00 bits per heavy atom. The van der Waals surface area contributed by atoms with Crippen molar-refractivity contribution in [2.24, 2.45) is 5.73 Å². The van der Waals surface area contributed by atoms with Gasteiger partial charge in [-0.05, 0) is 24.6 Å². The fraction of sp³-hybridized carbons (Fsp3) is 0.400. The lowest BCUT2D eigenvalue weighted by atomic mass is 10.1. The minimum absolute atomic E-state index is 0.180. The van der Waals surface area contributed by atoms with Gasteiger partial charge in [0, 0.05) is 12.3 Å². The first-order chi connectivity index (χ1) is 6.86. The number of methoxy groups -OCH3 is 1. The summed E-state index contributed by atoms with van der Waals surface area (Å²) in [5, 5.41) is 0. The first-order valence-electron chi connectivity index (χ1n) is 4.50. The molecule has 1 aromatic rings. The molecule has 1 rings (SSSR count). The van der Waals surface area contributed by atoms with E-state index in [1.54, 1.807) is 25.1 Å². The van der Waals surface area contributed by atoms with E-state index in [1.807, 2.05) is 0 Å². The van der Waals surface area contributed by atoms with E-state index in [9.17, 15) is 8.42 Å². The van der Waals surface area contributed by atoms with Gasteiger partial charge in [0.05, 0.1) is 7.11 Å². The SMILES string of the molecule is COc1ccc(C(C)N)cc1S(C)(=O)=O. The molecule has 0 bridgehead atoms. The fourth-order valence-electron chi connectivity index (χ4n) is 1.27. The molecule has 0 amide bonds. The number of ether oxygens (including phenoxy) is 1. The van der Waals surface area contributed by atoms with Gasteiger partial charge in [0.15, 0.2) is 9.84 Å². The van der Waals surface area contributed by atoms with Gasteiger partial charge in [-0.2, -0.15) is 0 Å². The van der Waals surface area contributed by atoms with Gasteiger partial charge in [0.25, 0.3) is 0 Å². The first kappa shape index (κ1) is 12.0. The number of sulfone groups is 1. The molecule has 0 saturated heterocycles. The van der Waals surface area contributed by atoms with Crippen molar-refractivity contribution in [1.82, 2.24) is 0 Å². The molecular formula is C10H15NO3S. The molecular weight excluding hydrogens is 214 g/mol. The van der Waals surface area contributed by atoms with Crippen molar-refractivity contribution in [1.29, 1.82) is 0 Å². The van der Waals surface area contributed by atoms with E-state index < -0.39 is 9.84 Å². The highest BCUT2D eigenvalue weighted by Gasteiger charge is 2.15. The van der Waals surface area contributed by atoms with Crippen molar-refractivity contribution in [2.45, 2.75) is 17.9 Å². The maximum Gasteiger partial charge on any atom is 0.179 e. The van der Waals surface area contributed by atoms with Gasteiger partial charge in [0.1, 0.15) is 10.6 Å². The summed E-state index contributed by atoms with van der Waals surface area (Å²) in [4.78, 5) is 0.180. The summed E-state index contributed by atoms with van der Waals surface area (Å²) in [5.41, 5.74) is 6.46. The van der Waals surface area contributed by atoms with E-state index in [1.165, 1.54) is 7.11 Å². The van der Waals surface area contributed by atoms with E-state index in [-0.39, 0.29) is 10.9 Å². The highest BCUT2D eigenvalue weighted by molar-refractivity contribution is 7.90. The average molecular weight is 229 g/mol. The molecule has 0 aliphatic heterocycles. The van der Waals surface area contributed by atoms with Crippen LogP contribution >= 0.6 is 0 Å². The van der Waals surface area contributed by atoms with E-state index >= 15 is 0 Å². The van der Waals surface area contributed by atoms with Crippen LogP contribution in [0.5, 0.6) is 5.75 Å². The lowest BCUT2D eigenvalue weighted by molar-refractivity contribution is 0.402. The van der Waals surface area contributed by atoms with Crippen LogP contribution in [0.1, 0.15) is 18.5 Å². The van der Waals surface area contributed by atoms with Crippen LogP contribution in [0.3, 0.4) is 0 Å². The Labute approximate surface area is 90.0 Å². The second kappa shape index (κ2) is 4.20. The molecule has 1 aromatic carbocycles. The van der Waals surface area contributed by atoms with Gasteiger partial charge in [-0.15, -0.1) is 0 Å².